The molecule has 0 amide bonds. The lowest BCUT2D eigenvalue weighted by molar-refractivity contribution is 0.583. The molecule has 0 saturated heterocycles. The normalized spacial score (nSPS) is 12.1. The van der Waals surface area contributed by atoms with Gasteiger partial charge in [0.05, 0.1) is 0 Å². The average molecular weight is 599 g/mol. The SMILES string of the molecule is CC.CC.CC.CC(C)(C)c1ccc2c(c1)CNCC2.CC(C)(C)c1ccc2cnccc2c1.CC(C)(C)c1ccccc1. The van der Waals surface area contributed by atoms with E-state index in [4.69, 9.17) is 0 Å². The second-order valence-electron chi connectivity index (χ2n) is 13.5. The molecular formula is C42H66N2. The van der Waals surface area contributed by atoms with Crippen LogP contribution in [0.4, 0.5) is 0 Å². The third-order valence-corrected chi connectivity index (χ3v) is 7.11. The summed E-state index contributed by atoms with van der Waals surface area (Å²) in [6, 6.07) is 26.1. The summed E-state index contributed by atoms with van der Waals surface area (Å²) >= 11 is 0. The van der Waals surface area contributed by atoms with Crippen LogP contribution in [-0.2, 0) is 29.2 Å². The van der Waals surface area contributed by atoms with Gasteiger partial charge >= 0.3 is 0 Å². The molecule has 1 aliphatic rings. The first-order valence-electron chi connectivity index (χ1n) is 17.0. The number of nitrogens with one attached hydrogen (secondary N) is 1. The molecule has 0 saturated carbocycles. The topological polar surface area (TPSA) is 24.9 Å². The Hall–Kier alpha value is -2.97. The number of nitrogens with zero attached hydrogens (tertiary/aromatic N) is 1. The number of fused-ring (bicyclic) bond motifs is 2. The van der Waals surface area contributed by atoms with E-state index in [-0.39, 0.29) is 10.8 Å². The summed E-state index contributed by atoms with van der Waals surface area (Å²) in [4.78, 5) is 4.10. The van der Waals surface area contributed by atoms with E-state index in [1.54, 1.807) is 0 Å². The average Bonchev–Trinajstić information content (AvgIpc) is 3.03. The lowest BCUT2D eigenvalue weighted by Crippen LogP contribution is -2.24. The molecule has 0 spiro atoms. The van der Waals surface area contributed by atoms with Crippen LogP contribution in [0.1, 0.15) is 132 Å². The number of pyridine rings is 1. The van der Waals surface area contributed by atoms with Gasteiger partial charge in [-0.25, -0.2) is 0 Å². The molecule has 44 heavy (non-hydrogen) atoms. The van der Waals surface area contributed by atoms with E-state index >= 15 is 0 Å². The van der Waals surface area contributed by atoms with Crippen LogP contribution in [-0.4, -0.2) is 11.5 Å². The zero-order chi connectivity index (χ0) is 34.0. The van der Waals surface area contributed by atoms with Crippen LogP contribution in [0, 0.1) is 0 Å². The van der Waals surface area contributed by atoms with Crippen molar-refractivity contribution in [1.82, 2.24) is 10.3 Å². The van der Waals surface area contributed by atoms with Crippen LogP contribution in [0.5, 0.6) is 0 Å². The van der Waals surface area contributed by atoms with Gasteiger partial charge in [0, 0.05) is 24.3 Å². The van der Waals surface area contributed by atoms with Gasteiger partial charge in [-0.1, -0.05) is 171 Å². The van der Waals surface area contributed by atoms with Gasteiger partial charge in [0.1, 0.15) is 0 Å². The Bertz CT molecular complexity index is 1300. The van der Waals surface area contributed by atoms with Crippen molar-refractivity contribution in [3.05, 3.63) is 113 Å². The molecule has 3 aromatic carbocycles. The Kier molecular flexibility index (Phi) is 18.8. The molecule has 0 fully saturated rings. The zero-order valence-corrected chi connectivity index (χ0v) is 31.2. The summed E-state index contributed by atoms with van der Waals surface area (Å²) in [7, 11) is 0. The fourth-order valence-corrected chi connectivity index (χ4v) is 4.43. The summed E-state index contributed by atoms with van der Waals surface area (Å²) in [6.45, 7) is 34.3. The first-order valence-corrected chi connectivity index (χ1v) is 17.0. The van der Waals surface area contributed by atoms with Crippen LogP contribution in [0.15, 0.2) is 85.2 Å². The van der Waals surface area contributed by atoms with Crippen LogP contribution in [0.3, 0.4) is 0 Å². The number of hydrogen-bond donors (Lipinski definition) is 1. The van der Waals surface area contributed by atoms with Gasteiger partial charge in [0.2, 0.25) is 0 Å². The molecule has 1 aliphatic heterocycles. The zero-order valence-electron chi connectivity index (χ0n) is 31.2. The Morgan fingerprint density at radius 1 is 0.523 bits per heavy atom. The molecule has 5 rings (SSSR count). The maximum absolute atomic E-state index is 4.10. The van der Waals surface area contributed by atoms with Gasteiger partial charge < -0.3 is 5.32 Å². The Labute approximate surface area is 273 Å². The second-order valence-corrected chi connectivity index (χ2v) is 13.5. The van der Waals surface area contributed by atoms with Gasteiger partial charge in [-0.05, 0) is 68.5 Å². The number of benzene rings is 3. The maximum atomic E-state index is 4.10. The van der Waals surface area contributed by atoms with E-state index in [0.717, 1.165) is 13.1 Å². The lowest BCUT2D eigenvalue weighted by Gasteiger charge is -2.23. The fourth-order valence-electron chi connectivity index (χ4n) is 4.43. The van der Waals surface area contributed by atoms with Crippen molar-refractivity contribution in [2.45, 2.75) is 133 Å². The maximum Gasteiger partial charge on any atom is 0.0346 e. The first-order chi connectivity index (χ1) is 20.7. The molecule has 0 unspecified atom stereocenters. The third-order valence-electron chi connectivity index (χ3n) is 7.11. The van der Waals surface area contributed by atoms with E-state index in [2.05, 4.69) is 145 Å². The summed E-state index contributed by atoms with van der Waals surface area (Å²) in [5, 5.41) is 5.90. The minimum Gasteiger partial charge on any atom is -0.312 e. The standard InChI is InChI=1S/C13H15N.C13H19N.C10H14.3C2H6/c1-13(2,3)12-5-4-11-9-14-7-6-10(11)8-12;1-13(2,3)12-5-4-10-6-7-14-9-11(10)8-12;1-10(2,3)9-7-5-4-6-8-9;3*1-2/h4-9H,1-3H3;4-5,8,14H,6-7,9H2,1-3H3;4-8H,1-3H3;3*1-2H3. The molecule has 2 nitrogen and oxygen atoms in total. The summed E-state index contributed by atoms with van der Waals surface area (Å²) < 4.78 is 0. The number of hydrogen-bond acceptors (Lipinski definition) is 2. The Morgan fingerprint density at radius 2 is 1.05 bits per heavy atom. The van der Waals surface area contributed by atoms with Crippen molar-refractivity contribution in [3.8, 4) is 0 Å². The molecule has 0 aliphatic carbocycles. The molecule has 244 valence electrons. The van der Waals surface area contributed by atoms with E-state index in [1.807, 2.05) is 53.9 Å². The quantitative estimate of drug-likeness (QED) is 0.218. The predicted molar refractivity (Wildman–Crippen MR) is 200 cm³/mol. The molecule has 0 atom stereocenters. The number of rotatable bonds is 0. The van der Waals surface area contributed by atoms with Crippen LogP contribution in [0.2, 0.25) is 0 Å². The molecule has 2 heteroatoms. The summed E-state index contributed by atoms with van der Waals surface area (Å²) in [5.74, 6) is 0. The summed E-state index contributed by atoms with van der Waals surface area (Å²) in [6.07, 6.45) is 4.93. The van der Waals surface area contributed by atoms with Crippen molar-refractivity contribution in [1.29, 1.82) is 0 Å². The minimum atomic E-state index is 0.220. The van der Waals surface area contributed by atoms with Crippen LogP contribution >= 0.6 is 0 Å². The molecule has 2 heterocycles. The second kappa shape index (κ2) is 20.1. The van der Waals surface area contributed by atoms with E-state index in [9.17, 15) is 0 Å². The molecule has 0 bridgehead atoms. The molecule has 4 aromatic rings. The largest absolute Gasteiger partial charge is 0.312 e. The van der Waals surface area contributed by atoms with Crippen molar-refractivity contribution >= 4 is 10.8 Å². The third kappa shape index (κ3) is 14.2. The Morgan fingerprint density at radius 3 is 1.57 bits per heavy atom. The van der Waals surface area contributed by atoms with E-state index < -0.39 is 0 Å². The van der Waals surface area contributed by atoms with Crippen molar-refractivity contribution in [2.75, 3.05) is 6.54 Å². The van der Waals surface area contributed by atoms with Gasteiger partial charge in [-0.2, -0.15) is 0 Å². The van der Waals surface area contributed by atoms with Gasteiger partial charge in [0.15, 0.2) is 0 Å². The Balaban J connectivity index is 0.000000587. The van der Waals surface area contributed by atoms with Crippen LogP contribution < -0.4 is 5.32 Å². The van der Waals surface area contributed by atoms with Crippen LogP contribution in [0.25, 0.3) is 10.8 Å². The molecule has 1 aromatic heterocycles. The first kappa shape index (κ1) is 41.0. The van der Waals surface area contributed by atoms with E-state index in [1.165, 1.54) is 45.0 Å². The highest BCUT2D eigenvalue weighted by Gasteiger charge is 2.17. The van der Waals surface area contributed by atoms with Gasteiger partial charge in [-0.15, -0.1) is 0 Å². The van der Waals surface area contributed by atoms with Crippen molar-refractivity contribution in [2.24, 2.45) is 0 Å². The van der Waals surface area contributed by atoms with Crippen molar-refractivity contribution < 1.29 is 0 Å². The van der Waals surface area contributed by atoms with Crippen molar-refractivity contribution in [3.63, 3.8) is 0 Å². The highest BCUT2D eigenvalue weighted by molar-refractivity contribution is 5.82. The fraction of sp³-hybridized carbons (Fsp3) is 0.500. The number of aromatic nitrogens is 1. The molecule has 0 radical (unpaired) electrons. The van der Waals surface area contributed by atoms with E-state index in [0.29, 0.717) is 5.41 Å². The smallest absolute Gasteiger partial charge is 0.0346 e. The highest BCUT2D eigenvalue weighted by atomic mass is 14.9. The highest BCUT2D eigenvalue weighted by Crippen LogP contribution is 2.27. The van der Waals surface area contributed by atoms with Gasteiger partial charge in [0.25, 0.3) is 0 Å². The predicted octanol–water partition coefficient (Wildman–Crippen LogP) is 12.2. The monoisotopic (exact) mass is 599 g/mol. The molecule has 1 N–H and O–H groups in total. The van der Waals surface area contributed by atoms with Gasteiger partial charge in [-0.3, -0.25) is 4.98 Å². The lowest BCUT2D eigenvalue weighted by atomic mass is 9.84. The molecular weight excluding hydrogens is 532 g/mol. The minimum absolute atomic E-state index is 0.220. The summed E-state index contributed by atoms with van der Waals surface area (Å²) in [5.41, 5.74) is 8.01.